The van der Waals surface area contributed by atoms with Crippen LogP contribution in [-0.4, -0.2) is 12.6 Å². The number of unbranched alkanes of at least 4 members (excludes halogenated alkanes) is 2. The molecule has 0 heterocycles. The van der Waals surface area contributed by atoms with Gasteiger partial charge in [0, 0.05) is 0 Å². The van der Waals surface area contributed by atoms with E-state index < -0.39 is 0 Å². The van der Waals surface area contributed by atoms with Crippen LogP contribution < -0.4 is 0 Å². The predicted molar refractivity (Wildman–Crippen MR) is 60.3 cm³/mol. The Kier molecular flexibility index (Phi) is 9.59. The summed E-state index contributed by atoms with van der Waals surface area (Å²) in [6.45, 7) is 6.71. The van der Waals surface area contributed by atoms with Crippen molar-refractivity contribution in [2.75, 3.05) is 6.61 Å². The van der Waals surface area contributed by atoms with E-state index in [-0.39, 0.29) is 11.9 Å². The zero-order valence-corrected chi connectivity index (χ0v) is 10.3. The Labute approximate surface area is 93.1 Å². The van der Waals surface area contributed by atoms with Crippen molar-refractivity contribution < 1.29 is 14.6 Å². The number of rotatable bonds is 9. The smallest absolute Gasteiger partial charge is 0.298 e. The molecule has 0 N–H and O–H groups in total. The van der Waals surface area contributed by atoms with Crippen molar-refractivity contribution in [3.05, 3.63) is 0 Å². The van der Waals surface area contributed by atoms with Crippen molar-refractivity contribution in [2.45, 2.75) is 59.3 Å². The number of hydrogen-bond acceptors (Lipinski definition) is 3. The van der Waals surface area contributed by atoms with Crippen molar-refractivity contribution >= 4 is 5.97 Å². The van der Waals surface area contributed by atoms with Gasteiger partial charge >= 0.3 is 5.97 Å². The summed E-state index contributed by atoms with van der Waals surface area (Å²) in [6, 6.07) is 0. The average molecular weight is 216 g/mol. The molecule has 0 spiro atoms. The highest BCUT2D eigenvalue weighted by atomic mass is 17.2. The lowest BCUT2D eigenvalue weighted by Crippen LogP contribution is -2.17. The van der Waals surface area contributed by atoms with Gasteiger partial charge in [-0.1, -0.05) is 40.0 Å². The Morgan fingerprint density at radius 1 is 1.13 bits per heavy atom. The normalized spacial score (nSPS) is 12.5. The molecule has 0 aliphatic carbocycles. The Balaban J connectivity index is 3.63. The van der Waals surface area contributed by atoms with E-state index in [9.17, 15) is 4.79 Å². The van der Waals surface area contributed by atoms with Crippen LogP contribution in [-0.2, 0) is 14.6 Å². The summed E-state index contributed by atoms with van der Waals surface area (Å²) in [6.07, 6.45) is 5.89. The van der Waals surface area contributed by atoms with Crippen LogP contribution in [0.3, 0.4) is 0 Å². The van der Waals surface area contributed by atoms with Gasteiger partial charge in [-0.3, -0.25) is 4.89 Å². The lowest BCUT2D eigenvalue weighted by molar-refractivity contribution is -0.276. The SMILES string of the molecule is CCCCOOC(=O)C(CC)CCCC. The Morgan fingerprint density at radius 3 is 2.33 bits per heavy atom. The first kappa shape index (κ1) is 14.4. The molecule has 0 radical (unpaired) electrons. The van der Waals surface area contributed by atoms with Gasteiger partial charge in [0.1, 0.15) is 0 Å². The van der Waals surface area contributed by atoms with E-state index in [1.165, 1.54) is 0 Å². The topological polar surface area (TPSA) is 35.5 Å². The van der Waals surface area contributed by atoms with Crippen LogP contribution in [0.15, 0.2) is 0 Å². The fourth-order valence-electron chi connectivity index (χ4n) is 1.31. The van der Waals surface area contributed by atoms with Crippen LogP contribution in [0.5, 0.6) is 0 Å². The minimum atomic E-state index is -0.206. The first-order chi connectivity index (χ1) is 7.26. The standard InChI is InChI=1S/C12H24O3/c1-4-7-9-11(6-3)12(13)15-14-10-8-5-2/h11H,4-10H2,1-3H3. The molecule has 0 aromatic rings. The van der Waals surface area contributed by atoms with Gasteiger partial charge in [0.2, 0.25) is 0 Å². The lowest BCUT2D eigenvalue weighted by Gasteiger charge is -2.11. The molecule has 0 aromatic heterocycles. The molecule has 0 rings (SSSR count). The summed E-state index contributed by atoms with van der Waals surface area (Å²) in [5, 5.41) is 0. The number of carbonyl (C=O) groups excluding carboxylic acids is 1. The third kappa shape index (κ3) is 7.37. The van der Waals surface area contributed by atoms with Gasteiger partial charge < -0.3 is 0 Å². The third-order valence-corrected chi connectivity index (χ3v) is 2.45. The van der Waals surface area contributed by atoms with E-state index in [4.69, 9.17) is 9.78 Å². The molecule has 3 nitrogen and oxygen atoms in total. The van der Waals surface area contributed by atoms with E-state index in [0.29, 0.717) is 6.61 Å². The maximum Gasteiger partial charge on any atom is 0.345 e. The number of hydrogen-bond donors (Lipinski definition) is 0. The Morgan fingerprint density at radius 2 is 1.80 bits per heavy atom. The van der Waals surface area contributed by atoms with Crippen molar-refractivity contribution in [3.63, 3.8) is 0 Å². The van der Waals surface area contributed by atoms with Gasteiger partial charge in [0.05, 0.1) is 12.5 Å². The van der Waals surface area contributed by atoms with Crippen molar-refractivity contribution in [1.82, 2.24) is 0 Å². The molecule has 0 aliphatic rings. The molecular formula is C12H24O3. The molecule has 0 fully saturated rings. The quantitative estimate of drug-likeness (QED) is 0.336. The van der Waals surface area contributed by atoms with Crippen LogP contribution >= 0.6 is 0 Å². The van der Waals surface area contributed by atoms with E-state index in [1.807, 2.05) is 6.92 Å². The van der Waals surface area contributed by atoms with Crippen LogP contribution in [0.1, 0.15) is 59.3 Å². The average Bonchev–Trinajstić information content (AvgIpc) is 2.25. The second-order valence-electron chi connectivity index (χ2n) is 3.83. The fourth-order valence-corrected chi connectivity index (χ4v) is 1.31. The summed E-state index contributed by atoms with van der Waals surface area (Å²) in [7, 11) is 0. The maximum atomic E-state index is 11.5. The molecule has 0 saturated heterocycles. The molecule has 0 amide bonds. The molecule has 1 unspecified atom stereocenters. The van der Waals surface area contributed by atoms with Crippen molar-refractivity contribution in [2.24, 2.45) is 5.92 Å². The van der Waals surface area contributed by atoms with Crippen LogP contribution in [0.2, 0.25) is 0 Å². The largest absolute Gasteiger partial charge is 0.345 e. The summed E-state index contributed by atoms with van der Waals surface area (Å²) in [5.74, 6) is -0.200. The monoisotopic (exact) mass is 216 g/mol. The molecule has 0 aromatic carbocycles. The summed E-state index contributed by atoms with van der Waals surface area (Å²) < 4.78 is 0. The molecule has 0 bridgehead atoms. The highest BCUT2D eigenvalue weighted by molar-refractivity contribution is 5.71. The third-order valence-electron chi connectivity index (χ3n) is 2.45. The predicted octanol–water partition coefficient (Wildman–Crippen LogP) is 3.48. The second kappa shape index (κ2) is 9.97. The van der Waals surface area contributed by atoms with Crippen LogP contribution in [0, 0.1) is 5.92 Å². The highest BCUT2D eigenvalue weighted by Gasteiger charge is 2.18. The Hall–Kier alpha value is -0.570. The molecule has 90 valence electrons. The van der Waals surface area contributed by atoms with Gasteiger partial charge in [-0.2, -0.15) is 4.89 Å². The zero-order valence-electron chi connectivity index (χ0n) is 10.3. The van der Waals surface area contributed by atoms with Gasteiger partial charge in [0.25, 0.3) is 0 Å². The van der Waals surface area contributed by atoms with E-state index in [2.05, 4.69) is 13.8 Å². The lowest BCUT2D eigenvalue weighted by atomic mass is 10.00. The fraction of sp³-hybridized carbons (Fsp3) is 0.917. The van der Waals surface area contributed by atoms with Crippen LogP contribution in [0.4, 0.5) is 0 Å². The molecular weight excluding hydrogens is 192 g/mol. The number of carbonyl (C=O) groups is 1. The second-order valence-corrected chi connectivity index (χ2v) is 3.83. The van der Waals surface area contributed by atoms with E-state index >= 15 is 0 Å². The molecule has 0 aliphatic heterocycles. The maximum absolute atomic E-state index is 11.5. The molecule has 15 heavy (non-hydrogen) atoms. The van der Waals surface area contributed by atoms with Crippen molar-refractivity contribution in [3.8, 4) is 0 Å². The first-order valence-electron chi connectivity index (χ1n) is 6.09. The summed E-state index contributed by atoms with van der Waals surface area (Å²) in [5.41, 5.74) is 0. The van der Waals surface area contributed by atoms with Gasteiger partial charge in [0.15, 0.2) is 0 Å². The summed E-state index contributed by atoms with van der Waals surface area (Å²) in [4.78, 5) is 21.1. The van der Waals surface area contributed by atoms with Gasteiger partial charge in [-0.05, 0) is 19.3 Å². The Bertz CT molecular complexity index is 157. The molecule has 3 heteroatoms. The zero-order chi connectivity index (χ0) is 11.5. The van der Waals surface area contributed by atoms with E-state index in [0.717, 1.165) is 38.5 Å². The van der Waals surface area contributed by atoms with Crippen molar-refractivity contribution in [1.29, 1.82) is 0 Å². The molecule has 0 saturated carbocycles. The minimum Gasteiger partial charge on any atom is -0.298 e. The van der Waals surface area contributed by atoms with Gasteiger partial charge in [-0.25, -0.2) is 4.79 Å². The first-order valence-corrected chi connectivity index (χ1v) is 6.09. The minimum absolute atomic E-state index is 0.00609. The molecule has 1 atom stereocenters. The summed E-state index contributed by atoms with van der Waals surface area (Å²) >= 11 is 0. The highest BCUT2D eigenvalue weighted by Crippen LogP contribution is 2.14. The van der Waals surface area contributed by atoms with Gasteiger partial charge in [-0.15, -0.1) is 0 Å². The van der Waals surface area contributed by atoms with E-state index in [1.54, 1.807) is 0 Å². The van der Waals surface area contributed by atoms with Crippen LogP contribution in [0.25, 0.3) is 0 Å².